The fraction of sp³-hybridized carbons (Fsp3) is 0.200. The second-order valence-electron chi connectivity index (χ2n) is 3.13. The molecule has 2 N–H and O–H groups in total. The number of rotatable bonds is 3. The quantitative estimate of drug-likeness (QED) is 0.942. The third kappa shape index (κ3) is 2.62. The molecular formula is C10H10BrN3S. The average Bonchev–Trinajstić information content (AvgIpc) is 2.66. The standard InChI is InChI=1S/C10H10BrN3S/c11-7-1-4-15-10(7)5-8(12)9-6-13-2-3-14-9/h1-4,6,8H,5,12H2. The molecule has 15 heavy (non-hydrogen) atoms. The maximum absolute atomic E-state index is 6.04. The van der Waals surface area contributed by atoms with Crippen molar-refractivity contribution in [1.82, 2.24) is 9.97 Å². The zero-order valence-corrected chi connectivity index (χ0v) is 10.3. The fourth-order valence-electron chi connectivity index (χ4n) is 1.28. The first kappa shape index (κ1) is 10.7. The van der Waals surface area contributed by atoms with Crippen LogP contribution in [0.2, 0.25) is 0 Å². The molecule has 2 rings (SSSR count). The number of thiophene rings is 1. The summed E-state index contributed by atoms with van der Waals surface area (Å²) in [6.45, 7) is 0. The van der Waals surface area contributed by atoms with Crippen molar-refractivity contribution in [3.8, 4) is 0 Å². The van der Waals surface area contributed by atoms with E-state index in [2.05, 4.69) is 25.9 Å². The lowest BCUT2D eigenvalue weighted by atomic mass is 10.1. The molecule has 2 heterocycles. The van der Waals surface area contributed by atoms with Gasteiger partial charge in [-0.15, -0.1) is 11.3 Å². The maximum Gasteiger partial charge on any atom is 0.0757 e. The summed E-state index contributed by atoms with van der Waals surface area (Å²) in [4.78, 5) is 9.44. The van der Waals surface area contributed by atoms with E-state index in [1.165, 1.54) is 4.88 Å². The fourth-order valence-corrected chi connectivity index (χ4v) is 2.85. The van der Waals surface area contributed by atoms with E-state index in [9.17, 15) is 0 Å². The largest absolute Gasteiger partial charge is 0.322 e. The minimum Gasteiger partial charge on any atom is -0.322 e. The van der Waals surface area contributed by atoms with Crippen molar-refractivity contribution in [1.29, 1.82) is 0 Å². The molecule has 2 aromatic heterocycles. The first-order valence-electron chi connectivity index (χ1n) is 4.50. The van der Waals surface area contributed by atoms with Gasteiger partial charge in [0, 0.05) is 34.4 Å². The van der Waals surface area contributed by atoms with Crippen LogP contribution in [-0.4, -0.2) is 9.97 Å². The predicted octanol–water partition coefficient (Wildman–Crippen LogP) is 2.54. The Kier molecular flexibility index (Phi) is 3.45. The molecule has 5 heteroatoms. The van der Waals surface area contributed by atoms with Gasteiger partial charge in [-0.3, -0.25) is 9.97 Å². The van der Waals surface area contributed by atoms with E-state index < -0.39 is 0 Å². The molecule has 0 bridgehead atoms. The van der Waals surface area contributed by atoms with Gasteiger partial charge in [-0.05, 0) is 27.4 Å². The SMILES string of the molecule is NC(Cc1sccc1Br)c1cnccn1. The summed E-state index contributed by atoms with van der Waals surface area (Å²) in [5.41, 5.74) is 6.87. The third-order valence-corrected chi connectivity index (χ3v) is 4.01. The van der Waals surface area contributed by atoms with Crippen LogP contribution in [0, 0.1) is 0 Å². The Morgan fingerprint density at radius 1 is 1.47 bits per heavy atom. The highest BCUT2D eigenvalue weighted by Crippen LogP contribution is 2.26. The first-order chi connectivity index (χ1) is 7.27. The van der Waals surface area contributed by atoms with Gasteiger partial charge in [0.1, 0.15) is 0 Å². The van der Waals surface area contributed by atoms with Gasteiger partial charge >= 0.3 is 0 Å². The van der Waals surface area contributed by atoms with Crippen LogP contribution in [0.25, 0.3) is 0 Å². The maximum atomic E-state index is 6.04. The molecule has 0 aliphatic carbocycles. The Morgan fingerprint density at radius 3 is 2.93 bits per heavy atom. The second-order valence-corrected chi connectivity index (χ2v) is 4.99. The third-order valence-electron chi connectivity index (χ3n) is 2.06. The summed E-state index contributed by atoms with van der Waals surface area (Å²) in [6, 6.07) is 1.94. The Labute approximate surface area is 101 Å². The molecule has 0 fully saturated rings. The smallest absolute Gasteiger partial charge is 0.0757 e. The summed E-state index contributed by atoms with van der Waals surface area (Å²) >= 11 is 5.18. The van der Waals surface area contributed by atoms with Crippen LogP contribution in [0.4, 0.5) is 0 Å². The molecule has 0 radical (unpaired) electrons. The van der Waals surface area contributed by atoms with Crippen molar-refractivity contribution in [2.75, 3.05) is 0 Å². The zero-order chi connectivity index (χ0) is 10.7. The molecule has 0 aliphatic rings. The van der Waals surface area contributed by atoms with Gasteiger partial charge in [0.05, 0.1) is 11.7 Å². The van der Waals surface area contributed by atoms with E-state index in [0.717, 1.165) is 16.6 Å². The Balaban J connectivity index is 2.11. The highest BCUT2D eigenvalue weighted by molar-refractivity contribution is 9.10. The van der Waals surface area contributed by atoms with Crippen LogP contribution in [0.3, 0.4) is 0 Å². The van der Waals surface area contributed by atoms with Gasteiger partial charge in [-0.1, -0.05) is 0 Å². The number of nitrogens with zero attached hydrogens (tertiary/aromatic N) is 2. The summed E-state index contributed by atoms with van der Waals surface area (Å²) < 4.78 is 1.12. The summed E-state index contributed by atoms with van der Waals surface area (Å²) in [6.07, 6.45) is 5.82. The van der Waals surface area contributed by atoms with E-state index in [4.69, 9.17) is 5.73 Å². The Morgan fingerprint density at radius 2 is 2.33 bits per heavy atom. The van der Waals surface area contributed by atoms with Crippen molar-refractivity contribution in [3.63, 3.8) is 0 Å². The monoisotopic (exact) mass is 283 g/mol. The van der Waals surface area contributed by atoms with Gasteiger partial charge in [0.15, 0.2) is 0 Å². The van der Waals surface area contributed by atoms with Crippen LogP contribution in [0.15, 0.2) is 34.5 Å². The summed E-state index contributed by atoms with van der Waals surface area (Å²) in [5.74, 6) is 0. The molecule has 0 aliphatic heterocycles. The topological polar surface area (TPSA) is 51.8 Å². The molecule has 0 aromatic carbocycles. The first-order valence-corrected chi connectivity index (χ1v) is 6.18. The highest BCUT2D eigenvalue weighted by atomic mass is 79.9. The number of hydrogen-bond acceptors (Lipinski definition) is 4. The van der Waals surface area contributed by atoms with Crippen molar-refractivity contribution < 1.29 is 0 Å². The van der Waals surface area contributed by atoms with Crippen molar-refractivity contribution in [2.45, 2.75) is 12.5 Å². The molecule has 0 saturated heterocycles. The van der Waals surface area contributed by atoms with Crippen LogP contribution >= 0.6 is 27.3 Å². The highest BCUT2D eigenvalue weighted by Gasteiger charge is 2.11. The molecule has 1 unspecified atom stereocenters. The van der Waals surface area contributed by atoms with Gasteiger partial charge in [0.2, 0.25) is 0 Å². The molecule has 0 amide bonds. The number of nitrogens with two attached hydrogens (primary N) is 1. The van der Waals surface area contributed by atoms with Gasteiger partial charge < -0.3 is 5.73 Å². The molecule has 0 spiro atoms. The lowest BCUT2D eigenvalue weighted by molar-refractivity contribution is 0.697. The van der Waals surface area contributed by atoms with E-state index >= 15 is 0 Å². The van der Waals surface area contributed by atoms with E-state index in [0.29, 0.717) is 0 Å². The van der Waals surface area contributed by atoms with Crippen LogP contribution < -0.4 is 5.73 Å². The van der Waals surface area contributed by atoms with E-state index in [-0.39, 0.29) is 6.04 Å². The minimum atomic E-state index is -0.0892. The Hall–Kier alpha value is -0.780. The number of aromatic nitrogens is 2. The molecule has 3 nitrogen and oxygen atoms in total. The predicted molar refractivity (Wildman–Crippen MR) is 64.7 cm³/mol. The summed E-state index contributed by atoms with van der Waals surface area (Å²) in [5, 5.41) is 2.04. The normalized spacial score (nSPS) is 12.7. The van der Waals surface area contributed by atoms with Gasteiger partial charge in [0.25, 0.3) is 0 Å². The van der Waals surface area contributed by atoms with Gasteiger partial charge in [-0.2, -0.15) is 0 Å². The van der Waals surface area contributed by atoms with Crippen molar-refractivity contribution in [2.24, 2.45) is 5.73 Å². The lowest BCUT2D eigenvalue weighted by Crippen LogP contribution is -2.14. The molecule has 78 valence electrons. The van der Waals surface area contributed by atoms with Crippen LogP contribution in [-0.2, 0) is 6.42 Å². The molecule has 2 aromatic rings. The molecule has 1 atom stereocenters. The number of hydrogen-bond donors (Lipinski definition) is 1. The van der Waals surface area contributed by atoms with E-state index in [1.54, 1.807) is 29.9 Å². The minimum absolute atomic E-state index is 0.0892. The van der Waals surface area contributed by atoms with Gasteiger partial charge in [-0.25, -0.2) is 0 Å². The van der Waals surface area contributed by atoms with Crippen molar-refractivity contribution in [3.05, 3.63) is 45.1 Å². The van der Waals surface area contributed by atoms with Crippen LogP contribution in [0.5, 0.6) is 0 Å². The van der Waals surface area contributed by atoms with Crippen LogP contribution in [0.1, 0.15) is 16.6 Å². The molecular weight excluding hydrogens is 274 g/mol. The average molecular weight is 284 g/mol. The lowest BCUT2D eigenvalue weighted by Gasteiger charge is -2.09. The summed E-state index contributed by atoms with van der Waals surface area (Å²) in [7, 11) is 0. The second kappa shape index (κ2) is 4.83. The van der Waals surface area contributed by atoms with E-state index in [1.807, 2.05) is 11.4 Å². The van der Waals surface area contributed by atoms with Crippen molar-refractivity contribution >= 4 is 27.3 Å². The number of halogens is 1. The molecule has 0 saturated carbocycles. The Bertz CT molecular complexity index is 429. The zero-order valence-electron chi connectivity index (χ0n) is 7.93.